The fourth-order valence-electron chi connectivity index (χ4n) is 1.22. The van der Waals surface area contributed by atoms with E-state index in [0.717, 1.165) is 17.5 Å². The molecular weight excluding hydrogens is 153 g/mol. The van der Waals surface area contributed by atoms with Crippen LogP contribution in [-0.2, 0) is 6.42 Å². The third-order valence-corrected chi connectivity index (χ3v) is 1.92. The van der Waals surface area contributed by atoms with Crippen molar-refractivity contribution >= 4 is 0 Å². The quantitative estimate of drug-likeness (QED) is 0.716. The van der Waals surface area contributed by atoms with Crippen molar-refractivity contribution in [3.05, 3.63) is 35.1 Å². The van der Waals surface area contributed by atoms with Gasteiger partial charge in [0.15, 0.2) is 0 Å². The standard InChI is InChI=1S/C10H14FN/c1-7(12)6-9-4-3-5-10(11)8(9)2/h3-5,7H,6,12H2,1-2H3. The molecule has 66 valence electrons. The molecule has 0 saturated heterocycles. The molecule has 0 aliphatic rings. The largest absolute Gasteiger partial charge is 0.328 e. The van der Waals surface area contributed by atoms with E-state index in [1.807, 2.05) is 13.0 Å². The van der Waals surface area contributed by atoms with Crippen molar-refractivity contribution in [2.45, 2.75) is 26.3 Å². The third-order valence-electron chi connectivity index (χ3n) is 1.92. The zero-order valence-electron chi connectivity index (χ0n) is 7.47. The van der Waals surface area contributed by atoms with Gasteiger partial charge >= 0.3 is 0 Å². The number of nitrogens with two attached hydrogens (primary N) is 1. The smallest absolute Gasteiger partial charge is 0.126 e. The predicted octanol–water partition coefficient (Wildman–Crippen LogP) is 2.02. The Morgan fingerprint density at radius 2 is 2.17 bits per heavy atom. The van der Waals surface area contributed by atoms with Crippen molar-refractivity contribution in [1.29, 1.82) is 0 Å². The Labute approximate surface area is 72.4 Å². The molecule has 1 nitrogen and oxygen atoms in total. The Bertz CT molecular complexity index is 269. The Morgan fingerprint density at radius 1 is 1.50 bits per heavy atom. The van der Waals surface area contributed by atoms with Crippen LogP contribution >= 0.6 is 0 Å². The van der Waals surface area contributed by atoms with E-state index in [2.05, 4.69) is 0 Å². The molecule has 0 amide bonds. The van der Waals surface area contributed by atoms with Gasteiger partial charge in [-0.1, -0.05) is 12.1 Å². The second-order valence-electron chi connectivity index (χ2n) is 3.21. The van der Waals surface area contributed by atoms with E-state index in [0.29, 0.717) is 0 Å². The van der Waals surface area contributed by atoms with Gasteiger partial charge in [0.2, 0.25) is 0 Å². The van der Waals surface area contributed by atoms with Crippen LogP contribution in [0.25, 0.3) is 0 Å². The molecule has 0 aliphatic carbocycles. The van der Waals surface area contributed by atoms with E-state index < -0.39 is 0 Å². The van der Waals surface area contributed by atoms with E-state index in [-0.39, 0.29) is 11.9 Å². The summed E-state index contributed by atoms with van der Waals surface area (Å²) in [5.74, 6) is -0.145. The first kappa shape index (κ1) is 9.20. The lowest BCUT2D eigenvalue weighted by atomic mass is 10.0. The van der Waals surface area contributed by atoms with Crippen molar-refractivity contribution in [2.75, 3.05) is 0 Å². The summed E-state index contributed by atoms with van der Waals surface area (Å²) in [6, 6.07) is 5.20. The molecule has 0 spiro atoms. The van der Waals surface area contributed by atoms with Gasteiger partial charge in [0.1, 0.15) is 5.82 Å². The zero-order chi connectivity index (χ0) is 9.14. The summed E-state index contributed by atoms with van der Waals surface area (Å²) in [6.45, 7) is 3.71. The first-order valence-electron chi connectivity index (χ1n) is 4.11. The predicted molar refractivity (Wildman–Crippen MR) is 48.5 cm³/mol. The van der Waals surface area contributed by atoms with Crippen LogP contribution in [0.4, 0.5) is 4.39 Å². The molecule has 1 atom stereocenters. The van der Waals surface area contributed by atoms with Gasteiger partial charge in [-0.3, -0.25) is 0 Å². The molecule has 12 heavy (non-hydrogen) atoms. The summed E-state index contributed by atoms with van der Waals surface area (Å²) in [6.07, 6.45) is 0.740. The summed E-state index contributed by atoms with van der Waals surface area (Å²) < 4.78 is 13.0. The minimum absolute atomic E-state index is 0.0884. The molecule has 2 heteroatoms. The summed E-state index contributed by atoms with van der Waals surface area (Å²) >= 11 is 0. The zero-order valence-corrected chi connectivity index (χ0v) is 7.47. The number of rotatable bonds is 2. The molecular formula is C10H14FN. The minimum Gasteiger partial charge on any atom is -0.328 e. The molecule has 1 unspecified atom stereocenters. The minimum atomic E-state index is -0.145. The van der Waals surface area contributed by atoms with Gasteiger partial charge in [0.25, 0.3) is 0 Å². The van der Waals surface area contributed by atoms with Crippen molar-refractivity contribution in [3.63, 3.8) is 0 Å². The maximum Gasteiger partial charge on any atom is 0.126 e. The lowest BCUT2D eigenvalue weighted by Crippen LogP contribution is -2.18. The second kappa shape index (κ2) is 3.68. The topological polar surface area (TPSA) is 26.0 Å². The highest BCUT2D eigenvalue weighted by atomic mass is 19.1. The monoisotopic (exact) mass is 167 g/mol. The number of benzene rings is 1. The van der Waals surface area contributed by atoms with Crippen LogP contribution in [0.15, 0.2) is 18.2 Å². The molecule has 0 fully saturated rings. The summed E-state index contributed by atoms with van der Waals surface area (Å²) in [5, 5.41) is 0. The highest BCUT2D eigenvalue weighted by molar-refractivity contribution is 5.27. The average molecular weight is 167 g/mol. The van der Waals surface area contributed by atoms with Crippen molar-refractivity contribution < 1.29 is 4.39 Å². The highest BCUT2D eigenvalue weighted by Gasteiger charge is 2.04. The summed E-state index contributed by atoms with van der Waals surface area (Å²) in [5.41, 5.74) is 7.34. The molecule has 1 aromatic carbocycles. The lowest BCUT2D eigenvalue weighted by molar-refractivity contribution is 0.612. The number of hydrogen-bond donors (Lipinski definition) is 1. The molecule has 0 bridgehead atoms. The van der Waals surface area contributed by atoms with Crippen molar-refractivity contribution in [1.82, 2.24) is 0 Å². The van der Waals surface area contributed by atoms with Gasteiger partial charge in [-0.25, -0.2) is 4.39 Å². The Kier molecular flexibility index (Phi) is 2.82. The average Bonchev–Trinajstić information content (AvgIpc) is 1.98. The third kappa shape index (κ3) is 2.05. The van der Waals surface area contributed by atoms with Crippen LogP contribution in [0.2, 0.25) is 0 Å². The molecule has 2 N–H and O–H groups in total. The highest BCUT2D eigenvalue weighted by Crippen LogP contribution is 2.13. The van der Waals surface area contributed by atoms with Crippen molar-refractivity contribution in [2.24, 2.45) is 5.73 Å². The number of hydrogen-bond acceptors (Lipinski definition) is 1. The van der Waals surface area contributed by atoms with Gasteiger partial charge in [0.05, 0.1) is 0 Å². The fourth-order valence-corrected chi connectivity index (χ4v) is 1.22. The molecule has 1 rings (SSSR count). The van der Waals surface area contributed by atoms with Gasteiger partial charge < -0.3 is 5.73 Å². The van der Waals surface area contributed by atoms with Crippen molar-refractivity contribution in [3.8, 4) is 0 Å². The Hall–Kier alpha value is -0.890. The van der Waals surface area contributed by atoms with E-state index in [1.54, 1.807) is 13.0 Å². The SMILES string of the molecule is Cc1c(F)cccc1CC(C)N. The van der Waals surface area contributed by atoms with E-state index in [4.69, 9.17) is 5.73 Å². The summed E-state index contributed by atoms with van der Waals surface area (Å²) in [7, 11) is 0. The summed E-state index contributed by atoms with van der Waals surface area (Å²) in [4.78, 5) is 0. The Morgan fingerprint density at radius 3 is 2.75 bits per heavy atom. The lowest BCUT2D eigenvalue weighted by Gasteiger charge is -2.08. The first-order chi connectivity index (χ1) is 5.61. The maximum atomic E-state index is 13.0. The van der Waals surface area contributed by atoms with Crippen LogP contribution in [-0.4, -0.2) is 6.04 Å². The van der Waals surface area contributed by atoms with Gasteiger partial charge in [0, 0.05) is 6.04 Å². The van der Waals surface area contributed by atoms with Gasteiger partial charge in [-0.15, -0.1) is 0 Å². The van der Waals surface area contributed by atoms with Crippen LogP contribution in [0.1, 0.15) is 18.1 Å². The van der Waals surface area contributed by atoms with E-state index >= 15 is 0 Å². The molecule has 0 aromatic heterocycles. The Balaban J connectivity index is 2.92. The molecule has 0 heterocycles. The number of halogens is 1. The van der Waals surface area contributed by atoms with Gasteiger partial charge in [-0.05, 0) is 37.5 Å². The normalized spacial score (nSPS) is 13.0. The van der Waals surface area contributed by atoms with Crippen LogP contribution in [0.5, 0.6) is 0 Å². The molecule has 0 aliphatic heterocycles. The molecule has 0 saturated carbocycles. The van der Waals surface area contributed by atoms with Crippen LogP contribution in [0, 0.1) is 12.7 Å². The first-order valence-corrected chi connectivity index (χ1v) is 4.11. The molecule has 0 radical (unpaired) electrons. The second-order valence-corrected chi connectivity index (χ2v) is 3.21. The van der Waals surface area contributed by atoms with E-state index in [9.17, 15) is 4.39 Å². The van der Waals surface area contributed by atoms with Gasteiger partial charge in [-0.2, -0.15) is 0 Å². The maximum absolute atomic E-state index is 13.0. The fraction of sp³-hybridized carbons (Fsp3) is 0.400. The van der Waals surface area contributed by atoms with Crippen LogP contribution in [0.3, 0.4) is 0 Å². The molecule has 1 aromatic rings. The van der Waals surface area contributed by atoms with E-state index in [1.165, 1.54) is 6.07 Å². The van der Waals surface area contributed by atoms with Crippen LogP contribution < -0.4 is 5.73 Å².